The van der Waals surface area contributed by atoms with Gasteiger partial charge >= 0.3 is 0 Å². The van der Waals surface area contributed by atoms with Gasteiger partial charge in [0.25, 0.3) is 0 Å². The van der Waals surface area contributed by atoms with E-state index in [2.05, 4.69) is 102 Å². The number of hydrogen-bond acceptors (Lipinski definition) is 4. The summed E-state index contributed by atoms with van der Waals surface area (Å²) in [6.07, 6.45) is 9.48. The van der Waals surface area contributed by atoms with Gasteiger partial charge in [-0.3, -0.25) is 4.79 Å². The first-order valence-corrected chi connectivity index (χ1v) is 14.8. The molecule has 0 aromatic heterocycles. The van der Waals surface area contributed by atoms with Crippen LogP contribution in [0.3, 0.4) is 0 Å². The predicted octanol–water partition coefficient (Wildman–Crippen LogP) is 10.2. The van der Waals surface area contributed by atoms with Crippen molar-refractivity contribution < 1.29 is 19.4 Å². The van der Waals surface area contributed by atoms with Gasteiger partial charge in [-0.15, -0.1) is 0 Å². The molecule has 3 rings (SSSR count). The lowest BCUT2D eigenvalue weighted by atomic mass is 9.70. The van der Waals surface area contributed by atoms with E-state index in [4.69, 9.17) is 9.47 Å². The van der Waals surface area contributed by atoms with Crippen molar-refractivity contribution in [1.29, 1.82) is 0 Å². The van der Waals surface area contributed by atoms with Gasteiger partial charge in [-0.1, -0.05) is 96.9 Å². The van der Waals surface area contributed by atoms with Crippen LogP contribution >= 0.6 is 0 Å². The highest BCUT2D eigenvalue weighted by Gasteiger charge is 2.44. The van der Waals surface area contributed by atoms with Crippen LogP contribution in [-0.2, 0) is 14.3 Å². The molecule has 0 aromatic carbocycles. The van der Waals surface area contributed by atoms with E-state index in [0.29, 0.717) is 18.4 Å². The van der Waals surface area contributed by atoms with Crippen molar-refractivity contribution >= 4 is 5.78 Å². The summed E-state index contributed by atoms with van der Waals surface area (Å²) >= 11 is 0. The van der Waals surface area contributed by atoms with Crippen LogP contribution in [0.2, 0.25) is 0 Å². The molecule has 1 atom stereocenters. The lowest BCUT2D eigenvalue weighted by Crippen LogP contribution is -2.35. The highest BCUT2D eigenvalue weighted by Crippen LogP contribution is 2.47. The summed E-state index contributed by atoms with van der Waals surface area (Å²) < 4.78 is 12.7. The summed E-state index contributed by atoms with van der Waals surface area (Å²) in [6, 6.07) is 0. The number of aliphatic hydroxyl groups excluding tert-OH is 1. The van der Waals surface area contributed by atoms with Gasteiger partial charge < -0.3 is 14.6 Å². The molecule has 220 valence electrons. The molecule has 0 radical (unpaired) electrons. The fraction of sp³-hybridized carbons (Fsp3) is 0.583. The molecule has 2 heterocycles. The van der Waals surface area contributed by atoms with Gasteiger partial charge in [0.05, 0.1) is 5.57 Å². The zero-order chi connectivity index (χ0) is 30.6. The minimum Gasteiger partial charge on any atom is -0.510 e. The number of carbonyl (C=O) groups excluding carboxylic acids is 1. The Hall–Kier alpha value is -2.75. The number of hydrogen-bond donors (Lipinski definition) is 1. The fourth-order valence-corrected chi connectivity index (χ4v) is 5.03. The van der Waals surface area contributed by atoms with Crippen molar-refractivity contribution in [2.45, 2.75) is 110 Å². The summed E-state index contributed by atoms with van der Waals surface area (Å²) in [4.78, 5) is 13.9. The van der Waals surface area contributed by atoms with Gasteiger partial charge in [-0.05, 0) is 59.4 Å². The van der Waals surface area contributed by atoms with Crippen LogP contribution in [-0.4, -0.2) is 10.9 Å². The predicted molar refractivity (Wildman–Crippen MR) is 165 cm³/mol. The summed E-state index contributed by atoms with van der Waals surface area (Å²) in [6.45, 7) is 29.6. The number of Topliss-reactive ketones (excluding diaryl/α,β-unsaturated/α-hetero) is 1. The van der Waals surface area contributed by atoms with E-state index in [9.17, 15) is 9.90 Å². The maximum Gasteiger partial charge on any atom is 0.181 e. The second-order valence-corrected chi connectivity index (χ2v) is 15.4. The van der Waals surface area contributed by atoms with Crippen molar-refractivity contribution in [1.82, 2.24) is 0 Å². The van der Waals surface area contributed by atoms with E-state index in [1.165, 1.54) is 0 Å². The van der Waals surface area contributed by atoms with E-state index in [0.717, 1.165) is 45.3 Å². The molecule has 0 aromatic rings. The lowest BCUT2D eigenvalue weighted by molar-refractivity contribution is -0.120. The number of aliphatic hydroxyl groups is 1. The van der Waals surface area contributed by atoms with Gasteiger partial charge in [-0.2, -0.15) is 0 Å². The van der Waals surface area contributed by atoms with Crippen LogP contribution < -0.4 is 0 Å². The normalized spacial score (nSPS) is 20.6. The molecule has 0 saturated heterocycles. The number of allylic oxidation sites excluding steroid dienone is 13. The number of rotatable bonds is 4. The topological polar surface area (TPSA) is 55.8 Å². The van der Waals surface area contributed by atoms with E-state index < -0.39 is 5.92 Å². The van der Waals surface area contributed by atoms with E-state index >= 15 is 0 Å². The summed E-state index contributed by atoms with van der Waals surface area (Å²) in [5.41, 5.74) is 3.38. The zero-order valence-corrected chi connectivity index (χ0v) is 27.5. The number of carbonyl (C=O) groups is 1. The summed E-state index contributed by atoms with van der Waals surface area (Å²) in [7, 11) is 0. The highest BCUT2D eigenvalue weighted by molar-refractivity contribution is 6.11. The molecular formula is C36H52O4. The quantitative estimate of drug-likeness (QED) is 0.380. The Morgan fingerprint density at radius 1 is 0.650 bits per heavy atom. The molecule has 40 heavy (non-hydrogen) atoms. The zero-order valence-electron chi connectivity index (χ0n) is 27.5. The van der Waals surface area contributed by atoms with Crippen LogP contribution in [0.5, 0.6) is 0 Å². The van der Waals surface area contributed by atoms with Crippen molar-refractivity contribution in [3.63, 3.8) is 0 Å². The second-order valence-electron chi connectivity index (χ2n) is 15.4. The van der Waals surface area contributed by atoms with Crippen LogP contribution in [0, 0.1) is 27.6 Å². The molecule has 1 unspecified atom stereocenters. The van der Waals surface area contributed by atoms with Crippen molar-refractivity contribution in [2.24, 2.45) is 27.6 Å². The minimum absolute atomic E-state index is 0.0166. The number of ether oxygens (including phenoxy) is 2. The van der Waals surface area contributed by atoms with Crippen LogP contribution in [0.4, 0.5) is 0 Å². The molecule has 0 fully saturated rings. The molecular weight excluding hydrogens is 496 g/mol. The summed E-state index contributed by atoms with van der Waals surface area (Å²) in [5.74, 6) is 2.98. The van der Waals surface area contributed by atoms with E-state index in [1.807, 2.05) is 19.1 Å². The number of ketones is 1. The fourth-order valence-electron chi connectivity index (χ4n) is 5.03. The van der Waals surface area contributed by atoms with E-state index in [-0.39, 0.29) is 33.2 Å². The van der Waals surface area contributed by atoms with Crippen molar-refractivity contribution in [3.8, 4) is 0 Å². The molecule has 2 aliphatic heterocycles. The van der Waals surface area contributed by atoms with Crippen LogP contribution in [0.25, 0.3) is 0 Å². The Morgan fingerprint density at radius 3 is 1.27 bits per heavy atom. The molecule has 0 spiro atoms. The molecule has 1 aliphatic carbocycles. The molecule has 0 bridgehead atoms. The van der Waals surface area contributed by atoms with Gasteiger partial charge in [0.1, 0.15) is 34.7 Å². The van der Waals surface area contributed by atoms with Crippen molar-refractivity contribution in [2.75, 3.05) is 0 Å². The standard InChI is InChI=1S/C36H52O4/c1-15-23(21-17-25(33(3,4)5)39-26(18-21)34(6,7)8)29-31(37)30(32(29)38)24(16-2)22-19-27(35(9,10)11)40-28(20-22)36(12,13)14/h17-20,29,37H,15-16H2,1-14H3. The van der Waals surface area contributed by atoms with Crippen LogP contribution in [0.15, 0.2) is 81.0 Å². The largest absolute Gasteiger partial charge is 0.510 e. The molecule has 1 N–H and O–H groups in total. The lowest BCUT2D eigenvalue weighted by Gasteiger charge is -2.36. The average molecular weight is 549 g/mol. The first-order valence-electron chi connectivity index (χ1n) is 14.8. The SMILES string of the molecule is CCC(=C1C=C(C(C)(C)C)OC(C(C)(C)C)=C1)C1=C(O)C(C(CC)=C2C=C(C(C)(C)C)OC(C(C)(C)C)=C2)C1=O. The Labute approximate surface area is 243 Å². The first kappa shape index (κ1) is 31.8. The molecule has 4 heteroatoms. The third-order valence-corrected chi connectivity index (χ3v) is 7.69. The maximum absolute atomic E-state index is 13.9. The summed E-state index contributed by atoms with van der Waals surface area (Å²) in [5, 5.41) is 11.6. The molecule has 0 saturated carbocycles. The third kappa shape index (κ3) is 6.26. The van der Waals surface area contributed by atoms with Gasteiger partial charge in [-0.25, -0.2) is 0 Å². The highest BCUT2D eigenvalue weighted by atomic mass is 16.5. The molecule has 0 amide bonds. The van der Waals surface area contributed by atoms with Gasteiger partial charge in [0, 0.05) is 21.7 Å². The molecule has 3 aliphatic rings. The van der Waals surface area contributed by atoms with Gasteiger partial charge in [0.2, 0.25) is 0 Å². The maximum atomic E-state index is 13.9. The smallest absolute Gasteiger partial charge is 0.181 e. The van der Waals surface area contributed by atoms with Gasteiger partial charge in [0.15, 0.2) is 5.78 Å². The molecule has 4 nitrogen and oxygen atoms in total. The monoisotopic (exact) mass is 548 g/mol. The van der Waals surface area contributed by atoms with Crippen molar-refractivity contribution in [3.05, 3.63) is 81.0 Å². The second kappa shape index (κ2) is 10.6. The minimum atomic E-state index is -0.637. The average Bonchev–Trinajstić information content (AvgIpc) is 2.82. The van der Waals surface area contributed by atoms with Crippen LogP contribution in [0.1, 0.15) is 110 Å². The van der Waals surface area contributed by atoms with E-state index in [1.54, 1.807) is 0 Å². The first-order chi connectivity index (χ1) is 18.1. The third-order valence-electron chi connectivity index (χ3n) is 7.69. The Bertz CT molecular complexity index is 1230. The Balaban J connectivity index is 2.22. The Morgan fingerprint density at radius 2 is 1.00 bits per heavy atom. The Kier molecular flexibility index (Phi) is 8.40.